The van der Waals surface area contributed by atoms with Crippen molar-refractivity contribution < 1.29 is 32.6 Å². The van der Waals surface area contributed by atoms with E-state index in [9.17, 15) is 23.2 Å². The number of halogens is 2. The molecule has 1 spiro atoms. The Bertz CT molecular complexity index is 1210. The fourth-order valence-electron chi connectivity index (χ4n) is 4.32. The molecule has 1 N–H and O–H groups in total. The lowest BCUT2D eigenvalue weighted by atomic mass is 9.91. The largest absolute Gasteiger partial charge is 0.487 e. The molecule has 2 aliphatic rings. The third-order valence-corrected chi connectivity index (χ3v) is 6.40. The minimum atomic E-state index is -0.812. The van der Waals surface area contributed by atoms with Crippen molar-refractivity contribution in [1.82, 2.24) is 14.8 Å². The van der Waals surface area contributed by atoms with Crippen LogP contribution in [0.3, 0.4) is 0 Å². The van der Waals surface area contributed by atoms with Gasteiger partial charge in [0.25, 0.3) is 11.8 Å². The normalized spacial score (nSPS) is 16.0. The Balaban J connectivity index is 1.73. The monoisotopic (exact) mass is 505 g/mol. The molecule has 2 aliphatic heterocycles. The molecule has 194 valence electrons. The van der Waals surface area contributed by atoms with E-state index in [0.29, 0.717) is 26.1 Å². The van der Waals surface area contributed by atoms with Crippen LogP contribution in [-0.4, -0.2) is 67.9 Å². The molecule has 0 saturated carbocycles. The van der Waals surface area contributed by atoms with Crippen molar-refractivity contribution in [3.05, 3.63) is 63.1 Å². The van der Waals surface area contributed by atoms with Crippen LogP contribution in [0.15, 0.2) is 29.2 Å². The number of rotatable bonds is 10. The zero-order chi connectivity index (χ0) is 25.9. The SMILES string of the molecule is CCCCOc1c2n(cc(C(=O)NCc3ccc(F)cc3F)c1=O)C1(COC1)CN(CCOC)C2=O. The molecule has 0 atom stereocenters. The van der Waals surface area contributed by atoms with Crippen molar-refractivity contribution in [2.75, 3.05) is 46.6 Å². The molecular weight excluding hydrogens is 476 g/mol. The van der Waals surface area contributed by atoms with Crippen LogP contribution in [0, 0.1) is 11.6 Å². The number of aromatic nitrogens is 1. The lowest BCUT2D eigenvalue weighted by Gasteiger charge is -2.50. The van der Waals surface area contributed by atoms with Crippen LogP contribution in [-0.2, 0) is 21.6 Å². The Labute approximate surface area is 206 Å². The quantitative estimate of drug-likeness (QED) is 0.497. The van der Waals surface area contributed by atoms with Crippen LogP contribution in [0.5, 0.6) is 5.75 Å². The van der Waals surface area contributed by atoms with Gasteiger partial charge in [-0.3, -0.25) is 14.4 Å². The minimum Gasteiger partial charge on any atom is -0.487 e. The number of nitrogens with one attached hydrogen (secondary N) is 1. The van der Waals surface area contributed by atoms with E-state index >= 15 is 0 Å². The summed E-state index contributed by atoms with van der Waals surface area (Å²) in [4.78, 5) is 41.5. The fourth-order valence-corrected chi connectivity index (χ4v) is 4.32. The van der Waals surface area contributed by atoms with Gasteiger partial charge in [-0.25, -0.2) is 8.78 Å². The van der Waals surface area contributed by atoms with E-state index in [-0.39, 0.29) is 48.9 Å². The van der Waals surface area contributed by atoms with Crippen molar-refractivity contribution in [1.29, 1.82) is 0 Å². The van der Waals surface area contributed by atoms with Gasteiger partial charge in [-0.1, -0.05) is 19.4 Å². The van der Waals surface area contributed by atoms with Gasteiger partial charge in [0.15, 0.2) is 11.4 Å². The zero-order valence-electron chi connectivity index (χ0n) is 20.3. The zero-order valence-corrected chi connectivity index (χ0v) is 20.3. The van der Waals surface area contributed by atoms with Crippen molar-refractivity contribution >= 4 is 11.8 Å². The van der Waals surface area contributed by atoms with Gasteiger partial charge in [-0.2, -0.15) is 0 Å². The molecule has 0 bridgehead atoms. The lowest BCUT2D eigenvalue weighted by Crippen LogP contribution is -2.64. The highest BCUT2D eigenvalue weighted by molar-refractivity contribution is 5.99. The summed E-state index contributed by atoms with van der Waals surface area (Å²) >= 11 is 0. The number of hydrogen-bond donors (Lipinski definition) is 1. The second-order valence-electron chi connectivity index (χ2n) is 8.98. The van der Waals surface area contributed by atoms with Gasteiger partial charge in [-0.05, 0) is 12.5 Å². The number of amides is 2. The molecule has 1 saturated heterocycles. The third-order valence-electron chi connectivity index (χ3n) is 6.40. The second-order valence-corrected chi connectivity index (χ2v) is 8.98. The predicted octanol–water partition coefficient (Wildman–Crippen LogP) is 2.06. The van der Waals surface area contributed by atoms with Crippen molar-refractivity contribution in [2.24, 2.45) is 0 Å². The van der Waals surface area contributed by atoms with Crippen LogP contribution in [0.1, 0.15) is 46.2 Å². The number of nitrogens with zero attached hydrogens (tertiary/aromatic N) is 2. The van der Waals surface area contributed by atoms with E-state index in [4.69, 9.17) is 14.2 Å². The van der Waals surface area contributed by atoms with E-state index in [2.05, 4.69) is 5.32 Å². The van der Waals surface area contributed by atoms with E-state index in [1.54, 1.807) is 9.47 Å². The molecule has 2 amide bonds. The van der Waals surface area contributed by atoms with Crippen LogP contribution in [0.2, 0.25) is 0 Å². The average molecular weight is 506 g/mol. The number of carbonyl (C=O) groups is 2. The van der Waals surface area contributed by atoms with Gasteiger partial charge < -0.3 is 29.0 Å². The number of hydrogen-bond acceptors (Lipinski definition) is 6. The van der Waals surface area contributed by atoms with Gasteiger partial charge in [0.05, 0.1) is 26.4 Å². The van der Waals surface area contributed by atoms with Crippen molar-refractivity contribution in [3.63, 3.8) is 0 Å². The molecule has 1 aromatic heterocycles. The standard InChI is InChI=1S/C25H29F2N3O6/c1-3-4-8-36-22-20-24(33)29(7-9-34-2)13-25(14-35-15-25)30(20)12-18(21(22)31)23(32)28-11-16-5-6-17(26)10-19(16)27/h5-6,10,12H,3-4,7-9,11,13-15H2,1-2H3,(H,28,32). The minimum absolute atomic E-state index is 0.0649. The fraction of sp³-hybridized carbons (Fsp3) is 0.480. The number of pyridine rings is 1. The highest BCUT2D eigenvalue weighted by Crippen LogP contribution is 2.36. The van der Waals surface area contributed by atoms with Gasteiger partial charge >= 0.3 is 0 Å². The first-order chi connectivity index (χ1) is 17.3. The summed E-state index contributed by atoms with van der Waals surface area (Å²) in [5.41, 5.74) is -1.49. The molecule has 4 rings (SSSR count). The first-order valence-electron chi connectivity index (χ1n) is 11.8. The third kappa shape index (κ3) is 4.85. The second kappa shape index (κ2) is 10.8. The summed E-state index contributed by atoms with van der Waals surface area (Å²) < 4.78 is 45.3. The summed E-state index contributed by atoms with van der Waals surface area (Å²) in [7, 11) is 1.54. The number of carbonyl (C=O) groups excluding carboxylic acids is 2. The Kier molecular flexibility index (Phi) is 7.70. The molecule has 0 aliphatic carbocycles. The molecule has 1 fully saturated rings. The van der Waals surface area contributed by atoms with E-state index in [1.807, 2.05) is 6.92 Å². The summed E-state index contributed by atoms with van der Waals surface area (Å²) in [6.45, 7) is 3.44. The maximum atomic E-state index is 14.0. The predicted molar refractivity (Wildman–Crippen MR) is 125 cm³/mol. The van der Waals surface area contributed by atoms with Crippen molar-refractivity contribution in [2.45, 2.75) is 31.8 Å². The molecule has 2 aromatic rings. The van der Waals surface area contributed by atoms with Gasteiger partial charge in [0, 0.05) is 44.6 Å². The van der Waals surface area contributed by atoms with Crippen LogP contribution < -0.4 is 15.5 Å². The van der Waals surface area contributed by atoms with E-state index < -0.39 is 34.4 Å². The summed E-state index contributed by atoms with van der Waals surface area (Å²) in [5, 5.41) is 2.52. The van der Waals surface area contributed by atoms with Gasteiger partial charge in [0.1, 0.15) is 22.7 Å². The van der Waals surface area contributed by atoms with Gasteiger partial charge in [0.2, 0.25) is 5.43 Å². The van der Waals surface area contributed by atoms with Crippen molar-refractivity contribution in [3.8, 4) is 5.75 Å². The Hall–Kier alpha value is -3.31. The molecule has 3 heterocycles. The number of unbranched alkanes of at least 4 members (excludes halogenated alkanes) is 1. The van der Waals surface area contributed by atoms with Crippen LogP contribution >= 0.6 is 0 Å². The highest BCUT2D eigenvalue weighted by atomic mass is 19.1. The maximum Gasteiger partial charge on any atom is 0.274 e. The highest BCUT2D eigenvalue weighted by Gasteiger charge is 2.50. The molecular formula is C25H29F2N3O6. The molecule has 1 aromatic carbocycles. The maximum absolute atomic E-state index is 14.0. The Morgan fingerprint density at radius 1 is 1.22 bits per heavy atom. The Morgan fingerprint density at radius 2 is 2.00 bits per heavy atom. The first kappa shape index (κ1) is 25.8. The van der Waals surface area contributed by atoms with Crippen LogP contribution in [0.4, 0.5) is 8.78 Å². The number of benzene rings is 1. The smallest absolute Gasteiger partial charge is 0.274 e. The van der Waals surface area contributed by atoms with Gasteiger partial charge in [-0.15, -0.1) is 0 Å². The molecule has 0 radical (unpaired) electrons. The van der Waals surface area contributed by atoms with E-state index in [1.165, 1.54) is 19.4 Å². The lowest BCUT2D eigenvalue weighted by molar-refractivity contribution is -0.118. The molecule has 0 unspecified atom stereocenters. The number of fused-ring (bicyclic) bond motifs is 2. The average Bonchev–Trinajstić information content (AvgIpc) is 2.83. The summed E-state index contributed by atoms with van der Waals surface area (Å²) in [6.07, 6.45) is 2.81. The summed E-state index contributed by atoms with van der Waals surface area (Å²) in [6, 6.07) is 3.02. The summed E-state index contributed by atoms with van der Waals surface area (Å²) in [5.74, 6) is -2.89. The van der Waals surface area contributed by atoms with Crippen LogP contribution in [0.25, 0.3) is 0 Å². The molecule has 9 nitrogen and oxygen atoms in total. The topological polar surface area (TPSA) is 99.1 Å². The molecule has 36 heavy (non-hydrogen) atoms. The first-order valence-corrected chi connectivity index (χ1v) is 11.8. The van der Waals surface area contributed by atoms with E-state index in [0.717, 1.165) is 18.6 Å². The molecule has 11 heteroatoms. The number of methoxy groups -OCH3 is 1. The number of ether oxygens (including phenoxy) is 3. The Morgan fingerprint density at radius 3 is 2.64 bits per heavy atom.